The number of hydrogen-bond donors (Lipinski definition) is 2. The number of aryl methyl sites for hydroxylation is 1. The molecule has 116 valence electrons. The summed E-state index contributed by atoms with van der Waals surface area (Å²) >= 11 is 0. The third kappa shape index (κ3) is 3.67. The van der Waals surface area contributed by atoms with Crippen LogP contribution in [-0.4, -0.2) is 21.0 Å². The fraction of sp³-hybridized carbons (Fsp3) is 0.0667. The lowest BCUT2D eigenvalue weighted by Crippen LogP contribution is -2.14. The van der Waals surface area contributed by atoms with Gasteiger partial charge in [-0.05, 0) is 25.1 Å². The van der Waals surface area contributed by atoms with Crippen LogP contribution >= 0.6 is 0 Å². The van der Waals surface area contributed by atoms with Crippen LogP contribution in [0.3, 0.4) is 0 Å². The molecule has 0 fully saturated rings. The molecule has 8 heteroatoms. The molecule has 3 rings (SSSR count). The van der Waals surface area contributed by atoms with Crippen molar-refractivity contribution in [2.75, 3.05) is 10.6 Å². The molecule has 0 bridgehead atoms. The fourth-order valence-electron chi connectivity index (χ4n) is 1.83. The van der Waals surface area contributed by atoms with Gasteiger partial charge in [-0.3, -0.25) is 4.79 Å². The van der Waals surface area contributed by atoms with Crippen molar-refractivity contribution in [1.29, 1.82) is 0 Å². The molecule has 1 amide bonds. The van der Waals surface area contributed by atoms with Gasteiger partial charge >= 0.3 is 0 Å². The lowest BCUT2D eigenvalue weighted by molar-refractivity contribution is 0.102. The topological polar surface area (TPSA) is 92.9 Å². The molecule has 7 nitrogen and oxygen atoms in total. The van der Waals surface area contributed by atoms with Crippen LogP contribution in [-0.2, 0) is 0 Å². The average Bonchev–Trinajstić information content (AvgIpc) is 2.93. The second-order valence-corrected chi connectivity index (χ2v) is 4.70. The van der Waals surface area contributed by atoms with E-state index in [4.69, 9.17) is 4.52 Å². The van der Waals surface area contributed by atoms with Crippen LogP contribution in [0.25, 0.3) is 0 Å². The lowest BCUT2D eigenvalue weighted by atomic mass is 10.3. The Balaban J connectivity index is 1.68. The number of anilines is 3. The molecular formula is C15H12FN5O2. The maximum absolute atomic E-state index is 13.1. The van der Waals surface area contributed by atoms with Gasteiger partial charge < -0.3 is 15.2 Å². The highest BCUT2D eigenvalue weighted by atomic mass is 19.1. The first kappa shape index (κ1) is 14.6. The third-order valence-electron chi connectivity index (χ3n) is 2.85. The minimum atomic E-state index is -0.455. The van der Waals surface area contributed by atoms with E-state index in [1.54, 1.807) is 25.1 Å². The third-order valence-corrected chi connectivity index (χ3v) is 2.85. The lowest BCUT2D eigenvalue weighted by Gasteiger charge is -2.06. The second-order valence-electron chi connectivity index (χ2n) is 4.70. The summed E-state index contributed by atoms with van der Waals surface area (Å²) in [6.45, 7) is 1.72. The van der Waals surface area contributed by atoms with E-state index in [-0.39, 0.29) is 11.5 Å². The van der Waals surface area contributed by atoms with Gasteiger partial charge in [0, 0.05) is 11.8 Å². The van der Waals surface area contributed by atoms with Gasteiger partial charge in [-0.25, -0.2) is 14.4 Å². The molecule has 0 radical (unpaired) electrons. The minimum absolute atomic E-state index is 0.121. The zero-order valence-corrected chi connectivity index (χ0v) is 12.1. The molecule has 0 unspecified atom stereocenters. The highest BCUT2D eigenvalue weighted by Gasteiger charge is 2.11. The molecule has 0 aliphatic heterocycles. The van der Waals surface area contributed by atoms with Crippen LogP contribution in [0, 0.1) is 12.7 Å². The van der Waals surface area contributed by atoms with Crippen molar-refractivity contribution in [2.45, 2.75) is 6.92 Å². The molecule has 0 aliphatic carbocycles. The molecule has 2 heterocycles. The highest BCUT2D eigenvalue weighted by Crippen LogP contribution is 2.15. The first-order chi connectivity index (χ1) is 11.1. The average molecular weight is 313 g/mol. The molecule has 2 aromatic heterocycles. The van der Waals surface area contributed by atoms with Crippen LogP contribution in [0.4, 0.5) is 21.7 Å². The SMILES string of the molecule is Cc1cc(NC(=O)c2cnc(Nc3cccc(F)c3)cn2)no1. The van der Waals surface area contributed by atoms with E-state index in [1.165, 1.54) is 24.5 Å². The van der Waals surface area contributed by atoms with Crippen molar-refractivity contribution >= 4 is 23.2 Å². The van der Waals surface area contributed by atoms with Gasteiger partial charge in [0.15, 0.2) is 5.82 Å². The van der Waals surface area contributed by atoms with Crippen molar-refractivity contribution in [3.63, 3.8) is 0 Å². The van der Waals surface area contributed by atoms with Crippen LogP contribution < -0.4 is 10.6 Å². The maximum atomic E-state index is 13.1. The van der Waals surface area contributed by atoms with Crippen molar-refractivity contribution in [3.8, 4) is 0 Å². The number of carbonyl (C=O) groups excluding carboxylic acids is 1. The van der Waals surface area contributed by atoms with E-state index < -0.39 is 5.91 Å². The van der Waals surface area contributed by atoms with Gasteiger partial charge in [-0.2, -0.15) is 0 Å². The smallest absolute Gasteiger partial charge is 0.277 e. The number of rotatable bonds is 4. The Hall–Kier alpha value is -3.29. The fourth-order valence-corrected chi connectivity index (χ4v) is 1.83. The van der Waals surface area contributed by atoms with Crippen LogP contribution in [0.15, 0.2) is 47.2 Å². The summed E-state index contributed by atoms with van der Waals surface area (Å²) in [5.74, 6) is 0.465. The quantitative estimate of drug-likeness (QED) is 0.769. The maximum Gasteiger partial charge on any atom is 0.277 e. The van der Waals surface area contributed by atoms with E-state index in [0.29, 0.717) is 23.1 Å². The van der Waals surface area contributed by atoms with Crippen molar-refractivity contribution < 1.29 is 13.7 Å². The summed E-state index contributed by atoms with van der Waals surface area (Å²) in [5.41, 5.74) is 0.657. The number of aromatic nitrogens is 3. The Labute approximate surface area is 130 Å². The molecule has 1 aromatic carbocycles. The van der Waals surface area contributed by atoms with Gasteiger partial charge in [0.2, 0.25) is 0 Å². The number of benzene rings is 1. The van der Waals surface area contributed by atoms with E-state index in [0.717, 1.165) is 0 Å². The molecule has 0 spiro atoms. The van der Waals surface area contributed by atoms with Gasteiger partial charge in [0.1, 0.15) is 23.1 Å². The Kier molecular flexibility index (Phi) is 3.96. The highest BCUT2D eigenvalue weighted by molar-refractivity contribution is 6.02. The number of halogens is 1. The predicted molar refractivity (Wildman–Crippen MR) is 80.9 cm³/mol. The Bertz CT molecular complexity index is 832. The Morgan fingerprint density at radius 1 is 1.17 bits per heavy atom. The standard InChI is InChI=1S/C15H12FN5O2/c1-9-5-13(21-23-9)20-15(22)12-7-18-14(8-17-12)19-11-4-2-3-10(16)6-11/h2-8H,1H3,(H,18,19)(H,20,21,22). The molecule has 0 atom stereocenters. The molecular weight excluding hydrogens is 301 g/mol. The zero-order valence-electron chi connectivity index (χ0n) is 12.1. The summed E-state index contributed by atoms with van der Waals surface area (Å²) in [5, 5.41) is 9.09. The zero-order chi connectivity index (χ0) is 16.2. The van der Waals surface area contributed by atoms with Gasteiger partial charge in [-0.1, -0.05) is 11.2 Å². The molecule has 3 aromatic rings. The number of hydrogen-bond acceptors (Lipinski definition) is 6. The first-order valence-electron chi connectivity index (χ1n) is 6.69. The summed E-state index contributed by atoms with van der Waals surface area (Å²) < 4.78 is 18.0. The number of nitrogens with zero attached hydrogens (tertiary/aromatic N) is 3. The predicted octanol–water partition coefficient (Wildman–Crippen LogP) is 2.91. The molecule has 2 N–H and O–H groups in total. The molecule has 23 heavy (non-hydrogen) atoms. The molecule has 0 saturated carbocycles. The molecule has 0 aliphatic rings. The number of amides is 1. The minimum Gasteiger partial charge on any atom is -0.360 e. The second kappa shape index (κ2) is 6.22. The van der Waals surface area contributed by atoms with E-state index in [2.05, 4.69) is 25.8 Å². The summed E-state index contributed by atoms with van der Waals surface area (Å²) in [6.07, 6.45) is 2.69. The monoisotopic (exact) mass is 313 g/mol. The summed E-state index contributed by atoms with van der Waals surface area (Å²) in [6, 6.07) is 7.53. The summed E-state index contributed by atoms with van der Waals surface area (Å²) in [7, 11) is 0. The summed E-state index contributed by atoms with van der Waals surface area (Å²) in [4.78, 5) is 20.1. The largest absolute Gasteiger partial charge is 0.360 e. The number of nitrogens with one attached hydrogen (secondary N) is 2. The first-order valence-corrected chi connectivity index (χ1v) is 6.69. The van der Waals surface area contributed by atoms with Crippen LogP contribution in [0.1, 0.15) is 16.2 Å². The molecule has 0 saturated heterocycles. The van der Waals surface area contributed by atoms with E-state index in [9.17, 15) is 9.18 Å². The van der Waals surface area contributed by atoms with Crippen molar-refractivity contribution in [3.05, 3.63) is 60.0 Å². The Morgan fingerprint density at radius 2 is 2.04 bits per heavy atom. The van der Waals surface area contributed by atoms with Gasteiger partial charge in [0.25, 0.3) is 5.91 Å². The van der Waals surface area contributed by atoms with E-state index >= 15 is 0 Å². The van der Waals surface area contributed by atoms with E-state index in [1.807, 2.05) is 0 Å². The van der Waals surface area contributed by atoms with Gasteiger partial charge in [-0.15, -0.1) is 0 Å². The number of carbonyl (C=O) groups is 1. The van der Waals surface area contributed by atoms with Crippen molar-refractivity contribution in [1.82, 2.24) is 15.1 Å². The van der Waals surface area contributed by atoms with Crippen molar-refractivity contribution in [2.24, 2.45) is 0 Å². The van der Waals surface area contributed by atoms with Crippen LogP contribution in [0.5, 0.6) is 0 Å². The van der Waals surface area contributed by atoms with Gasteiger partial charge in [0.05, 0.1) is 12.4 Å². The normalized spacial score (nSPS) is 10.3. The van der Waals surface area contributed by atoms with Crippen LogP contribution in [0.2, 0.25) is 0 Å². The Morgan fingerprint density at radius 3 is 2.70 bits per heavy atom.